The first-order chi connectivity index (χ1) is 13.0. The largest absolute Gasteiger partial charge is 0.480 e. The van der Waals surface area contributed by atoms with E-state index in [1.54, 1.807) is 0 Å². The molecule has 12 heteroatoms. The molecule has 2 aromatic heterocycles. The lowest BCUT2D eigenvalue weighted by Crippen LogP contribution is -2.37. The van der Waals surface area contributed by atoms with Gasteiger partial charge in [-0.2, -0.15) is 0 Å². The lowest BCUT2D eigenvalue weighted by Gasteiger charge is -2.11. The Morgan fingerprint density at radius 2 is 1.75 bits per heavy atom. The van der Waals surface area contributed by atoms with Crippen molar-refractivity contribution in [3.05, 3.63) is 56.5 Å². The monoisotopic (exact) mass is 410 g/mol. The van der Waals surface area contributed by atoms with Crippen LogP contribution < -0.4 is 11.2 Å². The number of rotatable bonds is 5. The molecule has 10 nitrogen and oxygen atoms in total. The summed E-state index contributed by atoms with van der Waals surface area (Å²) in [5.41, 5.74) is -1.44. The molecule has 148 valence electrons. The number of hydrogen-bond acceptors (Lipinski definition) is 6. The first-order valence-corrected chi connectivity index (χ1v) is 9.53. The Morgan fingerprint density at radius 3 is 2.32 bits per heavy atom. The zero-order chi connectivity index (χ0) is 20.8. The summed E-state index contributed by atoms with van der Waals surface area (Å²) in [6.45, 7) is -0.175. The van der Waals surface area contributed by atoms with E-state index in [0.717, 1.165) is 25.8 Å². The number of sulfone groups is 1. The highest BCUT2D eigenvalue weighted by molar-refractivity contribution is 7.91. The molecule has 0 amide bonds. The van der Waals surface area contributed by atoms with E-state index in [1.807, 2.05) is 0 Å². The summed E-state index contributed by atoms with van der Waals surface area (Å²) in [7, 11) is -1.87. The highest BCUT2D eigenvalue weighted by Crippen LogP contribution is 2.19. The van der Waals surface area contributed by atoms with E-state index in [2.05, 4.69) is 4.98 Å². The average molecular weight is 410 g/mol. The molecule has 0 atom stereocenters. The molecule has 1 N–H and O–H groups in total. The van der Waals surface area contributed by atoms with Gasteiger partial charge in [-0.15, -0.1) is 0 Å². The number of fused-ring (bicyclic) bond motifs is 1. The van der Waals surface area contributed by atoms with E-state index < -0.39 is 43.8 Å². The molecule has 0 radical (unpaired) electrons. The van der Waals surface area contributed by atoms with Crippen LogP contribution in [-0.2, 0) is 35.3 Å². The van der Waals surface area contributed by atoms with E-state index in [4.69, 9.17) is 5.11 Å². The number of carboxylic acid groups (broad SMARTS) is 1. The maximum Gasteiger partial charge on any atom is 0.332 e. The third-order valence-corrected chi connectivity index (χ3v) is 5.65. The Balaban J connectivity index is 2.39. The number of carbonyl (C=O) groups is 1. The van der Waals surface area contributed by atoms with E-state index >= 15 is 0 Å². The van der Waals surface area contributed by atoms with Crippen LogP contribution in [0.5, 0.6) is 0 Å². The van der Waals surface area contributed by atoms with Crippen LogP contribution in [0.15, 0.2) is 39.0 Å². The van der Waals surface area contributed by atoms with Crippen LogP contribution in [0.4, 0.5) is 4.39 Å². The number of hydrogen-bond donors (Lipinski definition) is 1. The fourth-order valence-electron chi connectivity index (χ4n) is 2.85. The van der Waals surface area contributed by atoms with Crippen molar-refractivity contribution >= 4 is 27.0 Å². The molecule has 0 spiro atoms. The Hall–Kier alpha value is -3.28. The normalized spacial score (nSPS) is 11.8. The van der Waals surface area contributed by atoms with Gasteiger partial charge in [-0.05, 0) is 17.7 Å². The number of imidazole rings is 1. The molecule has 0 unspecified atom stereocenters. The summed E-state index contributed by atoms with van der Waals surface area (Å²) in [4.78, 5) is 39.5. The highest BCUT2D eigenvalue weighted by Gasteiger charge is 2.29. The Labute approximate surface area is 157 Å². The van der Waals surface area contributed by atoms with Gasteiger partial charge in [0.05, 0.1) is 6.54 Å². The third kappa shape index (κ3) is 3.22. The minimum atomic E-state index is -4.42. The van der Waals surface area contributed by atoms with E-state index in [0.29, 0.717) is 5.56 Å². The Bertz CT molecular complexity index is 1320. The number of benzene rings is 1. The predicted molar refractivity (Wildman–Crippen MR) is 95.4 cm³/mol. The average Bonchev–Trinajstić information content (AvgIpc) is 2.99. The topological polar surface area (TPSA) is 133 Å². The molecular formula is C16H15FN4O6S. The first kappa shape index (κ1) is 19.5. The maximum absolute atomic E-state index is 13.2. The standard InChI is InChI=1S/C16H15FN4O6S/c1-19-13-12(14(24)20(2)16(19)25)18-15(28(26,27)8-11(22)23)21(13)7-9-3-5-10(17)6-4-9/h3-6H,7-8H2,1-2H3,(H,22,23). The van der Waals surface area contributed by atoms with Gasteiger partial charge in [0, 0.05) is 14.1 Å². The third-order valence-electron chi connectivity index (χ3n) is 4.15. The first-order valence-electron chi connectivity index (χ1n) is 7.88. The zero-order valence-electron chi connectivity index (χ0n) is 14.8. The molecular weight excluding hydrogens is 395 g/mol. The number of aryl methyl sites for hydroxylation is 1. The fourth-order valence-corrected chi connectivity index (χ4v) is 4.02. The van der Waals surface area contributed by atoms with Crippen molar-refractivity contribution in [1.82, 2.24) is 18.7 Å². The van der Waals surface area contributed by atoms with Gasteiger partial charge in [-0.3, -0.25) is 23.3 Å². The van der Waals surface area contributed by atoms with Crippen LogP contribution in [0.3, 0.4) is 0 Å². The molecule has 2 heterocycles. The summed E-state index contributed by atoms with van der Waals surface area (Å²) in [5.74, 6) is -3.34. The van der Waals surface area contributed by atoms with Gasteiger partial charge in [-0.1, -0.05) is 12.1 Å². The van der Waals surface area contributed by atoms with Crippen molar-refractivity contribution in [3.8, 4) is 0 Å². The van der Waals surface area contributed by atoms with Crippen LogP contribution in [0.25, 0.3) is 11.2 Å². The molecule has 3 rings (SSSR count). The number of nitrogens with zero attached hydrogens (tertiary/aromatic N) is 4. The van der Waals surface area contributed by atoms with Crippen molar-refractivity contribution in [3.63, 3.8) is 0 Å². The predicted octanol–water partition coefficient (Wildman–Crippen LogP) is -0.521. The summed E-state index contributed by atoms with van der Waals surface area (Å²) >= 11 is 0. The van der Waals surface area contributed by atoms with Gasteiger partial charge in [0.15, 0.2) is 16.9 Å². The summed E-state index contributed by atoms with van der Waals surface area (Å²) in [6, 6.07) is 5.12. The second-order valence-electron chi connectivity index (χ2n) is 6.14. The summed E-state index contributed by atoms with van der Waals surface area (Å²) < 4.78 is 41.2. The quantitative estimate of drug-likeness (QED) is 0.598. The number of halogens is 1. The second-order valence-corrected chi connectivity index (χ2v) is 8.02. The molecule has 0 saturated heterocycles. The van der Waals surface area contributed by atoms with Crippen LogP contribution >= 0.6 is 0 Å². The van der Waals surface area contributed by atoms with Crippen LogP contribution in [0.2, 0.25) is 0 Å². The Kier molecular flexibility index (Phi) is 4.67. The van der Waals surface area contributed by atoms with Gasteiger partial charge in [0.1, 0.15) is 5.82 Å². The smallest absolute Gasteiger partial charge is 0.332 e. The van der Waals surface area contributed by atoms with Crippen LogP contribution in [0, 0.1) is 5.82 Å². The highest BCUT2D eigenvalue weighted by atomic mass is 32.2. The molecule has 0 aliphatic heterocycles. The van der Waals surface area contributed by atoms with Crippen molar-refractivity contribution in [2.75, 3.05) is 5.75 Å². The molecule has 1 aromatic carbocycles. The number of aliphatic carboxylic acids is 1. The van der Waals surface area contributed by atoms with Gasteiger partial charge < -0.3 is 5.11 Å². The molecule has 0 bridgehead atoms. The van der Waals surface area contributed by atoms with E-state index in [1.165, 1.54) is 26.2 Å². The van der Waals surface area contributed by atoms with Crippen molar-refractivity contribution in [2.24, 2.45) is 14.1 Å². The fraction of sp³-hybridized carbons (Fsp3) is 0.250. The Morgan fingerprint density at radius 1 is 1.14 bits per heavy atom. The number of carboxylic acids is 1. The molecule has 3 aromatic rings. The van der Waals surface area contributed by atoms with E-state index in [-0.39, 0.29) is 17.7 Å². The SMILES string of the molecule is Cn1c(=O)c2nc(S(=O)(=O)CC(=O)O)n(Cc3ccc(F)cc3)c2n(C)c1=O. The van der Waals surface area contributed by atoms with Crippen molar-refractivity contribution in [1.29, 1.82) is 0 Å². The van der Waals surface area contributed by atoms with Crippen molar-refractivity contribution < 1.29 is 22.7 Å². The molecule has 0 fully saturated rings. The van der Waals surface area contributed by atoms with Crippen molar-refractivity contribution in [2.45, 2.75) is 11.7 Å². The van der Waals surface area contributed by atoms with Gasteiger partial charge >= 0.3 is 11.7 Å². The maximum atomic E-state index is 13.2. The van der Waals surface area contributed by atoms with E-state index in [9.17, 15) is 27.2 Å². The minimum absolute atomic E-state index is 0.0820. The summed E-state index contributed by atoms with van der Waals surface area (Å²) in [5, 5.41) is 8.26. The molecule has 0 saturated carbocycles. The lowest BCUT2D eigenvalue weighted by molar-refractivity contribution is -0.134. The number of aromatic nitrogens is 4. The minimum Gasteiger partial charge on any atom is -0.480 e. The van der Waals surface area contributed by atoms with Crippen LogP contribution in [0.1, 0.15) is 5.56 Å². The zero-order valence-corrected chi connectivity index (χ0v) is 15.6. The molecule has 0 aliphatic rings. The second kappa shape index (κ2) is 6.71. The van der Waals surface area contributed by atoms with Gasteiger partial charge in [0.2, 0.25) is 15.0 Å². The van der Waals surface area contributed by atoms with Crippen LogP contribution in [-0.4, -0.2) is 43.9 Å². The molecule has 28 heavy (non-hydrogen) atoms. The summed E-state index contributed by atoms with van der Waals surface area (Å²) in [6.07, 6.45) is 0. The van der Waals surface area contributed by atoms with Gasteiger partial charge in [-0.25, -0.2) is 22.6 Å². The molecule has 0 aliphatic carbocycles. The van der Waals surface area contributed by atoms with Gasteiger partial charge in [0.25, 0.3) is 5.56 Å². The lowest BCUT2D eigenvalue weighted by atomic mass is 10.2.